The lowest BCUT2D eigenvalue weighted by atomic mass is 10.1. The number of hydrogen-bond acceptors (Lipinski definition) is 5. The zero-order valence-electron chi connectivity index (χ0n) is 19.1. The lowest BCUT2D eigenvalue weighted by Crippen LogP contribution is -2.47. The van der Waals surface area contributed by atoms with Crippen molar-refractivity contribution in [2.24, 2.45) is 5.73 Å². The molecule has 2 aromatic carbocycles. The molecular weight excluding hydrogens is 443 g/mol. The Morgan fingerprint density at radius 3 is 2.16 bits per heavy atom. The number of nitrogens with two attached hydrogens (primary N) is 1. The molecule has 5 nitrogen and oxygen atoms in total. The molecule has 32 heavy (non-hydrogen) atoms. The van der Waals surface area contributed by atoms with Crippen LogP contribution >= 0.6 is 23.2 Å². The van der Waals surface area contributed by atoms with E-state index in [0.717, 1.165) is 84.0 Å². The lowest BCUT2D eigenvalue weighted by molar-refractivity contribution is 0.125. The molecule has 0 bridgehead atoms. The molecule has 0 atom stereocenters. The summed E-state index contributed by atoms with van der Waals surface area (Å²) in [5.41, 5.74) is 8.07. The molecule has 3 rings (SSSR count). The highest BCUT2D eigenvalue weighted by atomic mass is 35.5. The van der Waals surface area contributed by atoms with Gasteiger partial charge in [0.05, 0.1) is 17.2 Å². The predicted octanol–water partition coefficient (Wildman–Crippen LogP) is 4.36. The maximum absolute atomic E-state index is 6.26. The number of piperazine rings is 1. The van der Waals surface area contributed by atoms with Gasteiger partial charge in [-0.15, -0.1) is 0 Å². The van der Waals surface area contributed by atoms with E-state index < -0.39 is 0 Å². The van der Waals surface area contributed by atoms with Crippen molar-refractivity contribution in [2.75, 3.05) is 59.5 Å². The van der Waals surface area contributed by atoms with Crippen LogP contribution in [0.3, 0.4) is 0 Å². The molecule has 1 aliphatic heterocycles. The van der Waals surface area contributed by atoms with Gasteiger partial charge in [0.15, 0.2) is 0 Å². The highest BCUT2D eigenvalue weighted by Crippen LogP contribution is 2.24. The number of nitrogens with zero attached hydrogens (tertiary/aromatic N) is 3. The van der Waals surface area contributed by atoms with Gasteiger partial charge in [0.2, 0.25) is 0 Å². The van der Waals surface area contributed by atoms with Gasteiger partial charge in [0, 0.05) is 45.8 Å². The predicted molar refractivity (Wildman–Crippen MR) is 135 cm³/mol. The summed E-state index contributed by atoms with van der Waals surface area (Å²) in [6.45, 7) is 10.3. The summed E-state index contributed by atoms with van der Waals surface area (Å²) in [7, 11) is 1.71. The zero-order valence-corrected chi connectivity index (χ0v) is 20.6. The molecule has 1 fully saturated rings. The number of benzene rings is 2. The van der Waals surface area contributed by atoms with E-state index in [9.17, 15) is 0 Å². The standard InChI is InChI=1S/C25H36Cl2N4O/c1-32-23-6-2-5-21(17-23)19-31(20-22-7-8-24(26)25(27)18-22)12-4-11-30-15-13-29(14-16-30)10-3-9-28/h2,5-8,17-18H,3-4,9-16,19-20,28H2,1H3. The number of rotatable bonds is 12. The van der Waals surface area contributed by atoms with Crippen molar-refractivity contribution in [3.8, 4) is 5.75 Å². The van der Waals surface area contributed by atoms with Gasteiger partial charge in [-0.3, -0.25) is 4.90 Å². The molecule has 0 aliphatic carbocycles. The molecule has 0 spiro atoms. The fourth-order valence-electron chi connectivity index (χ4n) is 4.21. The van der Waals surface area contributed by atoms with Crippen LogP contribution in [0.5, 0.6) is 5.75 Å². The SMILES string of the molecule is COc1cccc(CN(CCCN2CCN(CCCN)CC2)Cc2ccc(Cl)c(Cl)c2)c1. The molecule has 0 aromatic heterocycles. The van der Waals surface area contributed by atoms with Gasteiger partial charge in [-0.05, 0) is 67.9 Å². The van der Waals surface area contributed by atoms with Gasteiger partial charge in [0.1, 0.15) is 5.75 Å². The molecule has 1 aliphatic rings. The zero-order chi connectivity index (χ0) is 22.8. The number of methoxy groups -OCH3 is 1. The van der Waals surface area contributed by atoms with Gasteiger partial charge in [0.25, 0.3) is 0 Å². The second-order valence-corrected chi connectivity index (χ2v) is 9.30. The minimum atomic E-state index is 0.598. The Hall–Kier alpha value is -1.34. The molecule has 0 unspecified atom stereocenters. The Balaban J connectivity index is 1.55. The topological polar surface area (TPSA) is 45.0 Å². The van der Waals surface area contributed by atoms with Crippen LogP contribution in [0, 0.1) is 0 Å². The number of hydrogen-bond donors (Lipinski definition) is 1. The van der Waals surface area contributed by atoms with Gasteiger partial charge in [-0.25, -0.2) is 0 Å². The Kier molecular flexibility index (Phi) is 10.6. The second kappa shape index (κ2) is 13.4. The Bertz CT molecular complexity index is 827. The third kappa shape index (κ3) is 8.22. The number of halogens is 2. The largest absolute Gasteiger partial charge is 0.497 e. The van der Waals surface area contributed by atoms with E-state index in [0.29, 0.717) is 10.0 Å². The average molecular weight is 479 g/mol. The van der Waals surface area contributed by atoms with E-state index in [1.165, 1.54) is 11.1 Å². The highest BCUT2D eigenvalue weighted by Gasteiger charge is 2.16. The van der Waals surface area contributed by atoms with Crippen molar-refractivity contribution in [1.29, 1.82) is 0 Å². The Morgan fingerprint density at radius 1 is 0.875 bits per heavy atom. The quantitative estimate of drug-likeness (QED) is 0.490. The van der Waals surface area contributed by atoms with Crippen molar-refractivity contribution in [2.45, 2.75) is 25.9 Å². The van der Waals surface area contributed by atoms with Crippen LogP contribution in [0.1, 0.15) is 24.0 Å². The van der Waals surface area contributed by atoms with Gasteiger partial charge in [-0.1, -0.05) is 41.4 Å². The molecule has 2 N–H and O–H groups in total. The summed E-state index contributed by atoms with van der Waals surface area (Å²) in [6, 6.07) is 14.2. The average Bonchev–Trinajstić information content (AvgIpc) is 2.81. The van der Waals surface area contributed by atoms with E-state index in [1.54, 1.807) is 7.11 Å². The minimum absolute atomic E-state index is 0.598. The van der Waals surface area contributed by atoms with Crippen molar-refractivity contribution < 1.29 is 4.74 Å². The monoisotopic (exact) mass is 478 g/mol. The lowest BCUT2D eigenvalue weighted by Gasteiger charge is -2.35. The van der Waals surface area contributed by atoms with Crippen molar-refractivity contribution >= 4 is 23.2 Å². The summed E-state index contributed by atoms with van der Waals surface area (Å²) in [4.78, 5) is 7.59. The molecular formula is C25H36Cl2N4O. The molecule has 2 aromatic rings. The molecule has 0 amide bonds. The van der Waals surface area contributed by atoms with Crippen molar-refractivity contribution in [1.82, 2.24) is 14.7 Å². The molecule has 7 heteroatoms. The summed E-state index contributed by atoms with van der Waals surface area (Å²) < 4.78 is 5.41. The molecule has 0 saturated carbocycles. The first-order valence-corrected chi connectivity index (χ1v) is 12.3. The van der Waals surface area contributed by atoms with Crippen LogP contribution < -0.4 is 10.5 Å². The van der Waals surface area contributed by atoms with Crippen LogP contribution in [-0.4, -0.2) is 74.2 Å². The van der Waals surface area contributed by atoms with Crippen molar-refractivity contribution in [3.63, 3.8) is 0 Å². The van der Waals surface area contributed by atoms with E-state index >= 15 is 0 Å². The van der Waals surface area contributed by atoms with E-state index in [1.807, 2.05) is 18.2 Å². The first-order chi connectivity index (χ1) is 15.6. The second-order valence-electron chi connectivity index (χ2n) is 8.49. The van der Waals surface area contributed by atoms with Gasteiger partial charge < -0.3 is 20.3 Å². The van der Waals surface area contributed by atoms with E-state index in [2.05, 4.69) is 39.0 Å². The van der Waals surface area contributed by atoms with E-state index in [4.69, 9.17) is 33.7 Å². The van der Waals surface area contributed by atoms with Gasteiger partial charge in [-0.2, -0.15) is 0 Å². The van der Waals surface area contributed by atoms with E-state index in [-0.39, 0.29) is 0 Å². The Morgan fingerprint density at radius 2 is 1.53 bits per heavy atom. The smallest absolute Gasteiger partial charge is 0.119 e. The maximum atomic E-state index is 6.26. The molecule has 1 heterocycles. The van der Waals surface area contributed by atoms with Crippen LogP contribution in [0.2, 0.25) is 10.0 Å². The third-order valence-electron chi connectivity index (χ3n) is 6.02. The summed E-state index contributed by atoms with van der Waals surface area (Å²) in [5.74, 6) is 0.893. The third-order valence-corrected chi connectivity index (χ3v) is 6.76. The molecule has 0 radical (unpaired) electrons. The van der Waals surface area contributed by atoms with Crippen molar-refractivity contribution in [3.05, 3.63) is 63.6 Å². The maximum Gasteiger partial charge on any atom is 0.119 e. The van der Waals surface area contributed by atoms with Crippen LogP contribution in [0.25, 0.3) is 0 Å². The summed E-state index contributed by atoms with van der Waals surface area (Å²) in [6.07, 6.45) is 2.22. The van der Waals surface area contributed by atoms with Crippen LogP contribution in [-0.2, 0) is 13.1 Å². The first kappa shape index (κ1) is 25.3. The Labute approximate surface area is 203 Å². The normalized spacial score (nSPS) is 15.4. The van der Waals surface area contributed by atoms with Crippen LogP contribution in [0.15, 0.2) is 42.5 Å². The fourth-order valence-corrected chi connectivity index (χ4v) is 4.53. The minimum Gasteiger partial charge on any atom is -0.497 e. The van der Waals surface area contributed by atoms with Crippen LogP contribution in [0.4, 0.5) is 0 Å². The first-order valence-electron chi connectivity index (χ1n) is 11.5. The summed E-state index contributed by atoms with van der Waals surface area (Å²) >= 11 is 12.4. The fraction of sp³-hybridized carbons (Fsp3) is 0.520. The molecule has 1 saturated heterocycles. The summed E-state index contributed by atoms with van der Waals surface area (Å²) in [5, 5.41) is 1.21. The highest BCUT2D eigenvalue weighted by molar-refractivity contribution is 6.42. The van der Waals surface area contributed by atoms with Gasteiger partial charge >= 0.3 is 0 Å². The number of ether oxygens (including phenoxy) is 1. The molecule has 176 valence electrons.